The van der Waals surface area contributed by atoms with Gasteiger partial charge in [0.15, 0.2) is 11.5 Å². The molecule has 0 saturated heterocycles. The van der Waals surface area contributed by atoms with Gasteiger partial charge in [0, 0.05) is 12.1 Å². The number of amides is 2. The highest BCUT2D eigenvalue weighted by molar-refractivity contribution is 6.01. The van der Waals surface area contributed by atoms with Gasteiger partial charge in [-0.2, -0.15) is 0 Å². The van der Waals surface area contributed by atoms with Gasteiger partial charge < -0.3 is 19.7 Å². The smallest absolute Gasteiger partial charge is 0.255 e. The summed E-state index contributed by atoms with van der Waals surface area (Å²) < 4.78 is 10.8. The van der Waals surface area contributed by atoms with Gasteiger partial charge in [0.2, 0.25) is 5.91 Å². The third kappa shape index (κ3) is 3.40. The van der Waals surface area contributed by atoms with Crippen LogP contribution in [0.2, 0.25) is 0 Å². The zero-order chi connectivity index (χ0) is 21.4. The summed E-state index contributed by atoms with van der Waals surface area (Å²) in [6.07, 6.45) is 1.68. The van der Waals surface area contributed by atoms with E-state index in [1.165, 1.54) is 0 Å². The first-order valence-corrected chi connectivity index (χ1v) is 10.4. The number of nitrogens with zero attached hydrogens (tertiary/aromatic N) is 1. The number of carbonyl (C=O) groups is 2. The number of fused-ring (bicyclic) bond motifs is 2. The van der Waals surface area contributed by atoms with Crippen LogP contribution in [0.25, 0.3) is 0 Å². The van der Waals surface area contributed by atoms with Gasteiger partial charge >= 0.3 is 0 Å². The Labute approximate surface area is 177 Å². The average molecular weight is 408 g/mol. The molecule has 1 aliphatic heterocycles. The minimum absolute atomic E-state index is 0.00506. The second kappa shape index (κ2) is 8.01. The lowest BCUT2D eigenvalue weighted by atomic mass is 10.00. The summed E-state index contributed by atoms with van der Waals surface area (Å²) >= 11 is 0. The van der Waals surface area contributed by atoms with E-state index < -0.39 is 6.04 Å². The molecule has 1 heterocycles. The lowest BCUT2D eigenvalue weighted by Crippen LogP contribution is -2.50. The average Bonchev–Trinajstić information content (AvgIpc) is 3.27. The Kier molecular flexibility index (Phi) is 5.41. The molecule has 0 spiro atoms. The van der Waals surface area contributed by atoms with E-state index in [1.807, 2.05) is 50.2 Å². The number of rotatable bonds is 6. The van der Waals surface area contributed by atoms with Crippen molar-refractivity contribution >= 4 is 11.8 Å². The van der Waals surface area contributed by atoms with Gasteiger partial charge in [-0.1, -0.05) is 32.0 Å². The van der Waals surface area contributed by atoms with E-state index in [0.717, 1.165) is 29.5 Å². The number of ether oxygens (including phenoxy) is 2. The van der Waals surface area contributed by atoms with Crippen molar-refractivity contribution < 1.29 is 19.1 Å². The summed E-state index contributed by atoms with van der Waals surface area (Å²) in [4.78, 5) is 28.0. The zero-order valence-corrected chi connectivity index (χ0v) is 17.9. The molecule has 6 nitrogen and oxygen atoms in total. The van der Waals surface area contributed by atoms with E-state index in [4.69, 9.17) is 9.47 Å². The Morgan fingerprint density at radius 3 is 2.47 bits per heavy atom. The van der Waals surface area contributed by atoms with Crippen LogP contribution in [0.3, 0.4) is 0 Å². The van der Waals surface area contributed by atoms with Gasteiger partial charge in [-0.05, 0) is 53.6 Å². The third-order valence-corrected chi connectivity index (χ3v) is 6.12. The van der Waals surface area contributed by atoms with Crippen molar-refractivity contribution in [2.75, 3.05) is 14.2 Å². The van der Waals surface area contributed by atoms with Gasteiger partial charge in [-0.15, -0.1) is 0 Å². The maximum atomic E-state index is 13.4. The maximum absolute atomic E-state index is 13.4. The molecule has 0 saturated carbocycles. The second-order valence-electron chi connectivity index (χ2n) is 8.28. The Morgan fingerprint density at radius 2 is 1.80 bits per heavy atom. The summed E-state index contributed by atoms with van der Waals surface area (Å²) in [6, 6.07) is 10.9. The Morgan fingerprint density at radius 1 is 1.10 bits per heavy atom. The fourth-order valence-corrected chi connectivity index (χ4v) is 4.65. The highest BCUT2D eigenvalue weighted by atomic mass is 16.5. The summed E-state index contributed by atoms with van der Waals surface area (Å²) in [6.45, 7) is 4.44. The minimum atomic E-state index is -0.519. The molecule has 2 amide bonds. The number of hydrogen-bond acceptors (Lipinski definition) is 4. The highest BCUT2D eigenvalue weighted by Crippen LogP contribution is 2.39. The molecule has 4 rings (SSSR count). The summed E-state index contributed by atoms with van der Waals surface area (Å²) in [5.74, 6) is 1.16. The number of hydrogen-bond donors (Lipinski definition) is 1. The molecule has 1 aliphatic carbocycles. The van der Waals surface area contributed by atoms with E-state index >= 15 is 0 Å². The fourth-order valence-electron chi connectivity index (χ4n) is 4.65. The van der Waals surface area contributed by atoms with Gasteiger partial charge in [-0.25, -0.2) is 0 Å². The van der Waals surface area contributed by atoms with E-state index in [9.17, 15) is 9.59 Å². The predicted molar refractivity (Wildman–Crippen MR) is 114 cm³/mol. The van der Waals surface area contributed by atoms with Gasteiger partial charge in [0.05, 0.1) is 20.3 Å². The van der Waals surface area contributed by atoms with Crippen molar-refractivity contribution in [2.24, 2.45) is 5.92 Å². The molecular formula is C24H28N2O4. The van der Waals surface area contributed by atoms with Crippen molar-refractivity contribution in [1.82, 2.24) is 10.2 Å². The molecule has 158 valence electrons. The van der Waals surface area contributed by atoms with Gasteiger partial charge in [-0.3, -0.25) is 9.59 Å². The van der Waals surface area contributed by atoms with Gasteiger partial charge in [0.25, 0.3) is 5.91 Å². The van der Waals surface area contributed by atoms with Crippen molar-refractivity contribution in [1.29, 1.82) is 0 Å². The quantitative estimate of drug-likeness (QED) is 0.795. The molecule has 0 unspecified atom stereocenters. The number of methoxy groups -OCH3 is 2. The van der Waals surface area contributed by atoms with Crippen molar-refractivity contribution in [2.45, 2.75) is 45.3 Å². The number of carbonyl (C=O) groups excluding carboxylic acids is 2. The predicted octanol–water partition coefficient (Wildman–Crippen LogP) is 3.49. The van der Waals surface area contributed by atoms with Crippen molar-refractivity contribution in [3.63, 3.8) is 0 Å². The Bertz CT molecular complexity index is 985. The molecule has 6 heteroatoms. The van der Waals surface area contributed by atoms with Crippen LogP contribution in [0.4, 0.5) is 0 Å². The lowest BCUT2D eigenvalue weighted by Gasteiger charge is -2.31. The van der Waals surface area contributed by atoms with Crippen LogP contribution in [0.5, 0.6) is 11.5 Å². The van der Waals surface area contributed by atoms with Crippen LogP contribution >= 0.6 is 0 Å². The molecule has 1 N–H and O–H groups in total. The molecule has 2 atom stereocenters. The fraction of sp³-hybridized carbons (Fsp3) is 0.417. The largest absolute Gasteiger partial charge is 0.493 e. The Hall–Kier alpha value is -3.02. The van der Waals surface area contributed by atoms with Crippen LogP contribution in [0.15, 0.2) is 36.4 Å². The molecule has 0 aromatic heterocycles. The Balaban J connectivity index is 1.56. The summed E-state index contributed by atoms with van der Waals surface area (Å²) in [7, 11) is 3.23. The maximum Gasteiger partial charge on any atom is 0.255 e. The number of aryl methyl sites for hydroxylation is 1. The van der Waals surface area contributed by atoms with Crippen molar-refractivity contribution in [3.05, 3.63) is 58.7 Å². The monoisotopic (exact) mass is 408 g/mol. The van der Waals surface area contributed by atoms with Crippen molar-refractivity contribution in [3.8, 4) is 11.5 Å². The SMILES string of the molecule is COc1cc2c(cc1OC)[C@@H](NC(=O)[C@@H](C(C)C)N1Cc3ccccc3C1=O)CC2. The number of benzene rings is 2. The normalized spacial score (nSPS) is 18.2. The molecule has 2 aromatic carbocycles. The standard InChI is InChI=1S/C24H28N2O4/c1-14(2)22(26-13-16-7-5-6-8-17(16)24(26)28)23(27)25-19-10-9-15-11-20(29-3)21(30-4)12-18(15)19/h5-8,11-12,14,19,22H,9-10,13H2,1-4H3,(H,25,27)/t19-,22+/m0/s1. The summed E-state index contributed by atoms with van der Waals surface area (Å²) in [5.41, 5.74) is 3.88. The van der Waals surface area contributed by atoms with E-state index in [2.05, 4.69) is 5.32 Å². The van der Waals surface area contributed by atoms with Crippen LogP contribution in [-0.2, 0) is 17.8 Å². The molecule has 30 heavy (non-hydrogen) atoms. The molecular weight excluding hydrogens is 380 g/mol. The lowest BCUT2D eigenvalue weighted by molar-refractivity contribution is -0.128. The van der Waals surface area contributed by atoms with Crippen LogP contribution in [0.1, 0.15) is 53.4 Å². The van der Waals surface area contributed by atoms with E-state index in [-0.39, 0.29) is 23.8 Å². The van der Waals surface area contributed by atoms with Gasteiger partial charge in [0.1, 0.15) is 6.04 Å². The van der Waals surface area contributed by atoms with Crippen LogP contribution in [-0.4, -0.2) is 37.0 Å². The van der Waals surface area contributed by atoms with E-state index in [0.29, 0.717) is 23.6 Å². The first-order valence-electron chi connectivity index (χ1n) is 10.4. The molecule has 0 bridgehead atoms. The number of nitrogens with one attached hydrogen (secondary N) is 1. The molecule has 2 aromatic rings. The van der Waals surface area contributed by atoms with Crippen LogP contribution in [0, 0.1) is 5.92 Å². The molecule has 0 radical (unpaired) electrons. The van der Waals surface area contributed by atoms with E-state index in [1.54, 1.807) is 19.1 Å². The molecule has 0 fully saturated rings. The molecule has 2 aliphatic rings. The summed E-state index contributed by atoms with van der Waals surface area (Å²) in [5, 5.41) is 3.20. The topological polar surface area (TPSA) is 67.9 Å². The highest BCUT2D eigenvalue weighted by Gasteiger charge is 2.39. The zero-order valence-electron chi connectivity index (χ0n) is 17.9. The second-order valence-corrected chi connectivity index (χ2v) is 8.28. The first kappa shape index (κ1) is 20.3. The first-order chi connectivity index (χ1) is 14.4. The minimum Gasteiger partial charge on any atom is -0.493 e. The van der Waals surface area contributed by atoms with Crippen LogP contribution < -0.4 is 14.8 Å². The third-order valence-electron chi connectivity index (χ3n) is 6.12.